The summed E-state index contributed by atoms with van der Waals surface area (Å²) in [7, 11) is 0. The van der Waals surface area contributed by atoms with Gasteiger partial charge in [-0.15, -0.1) is 0 Å². The van der Waals surface area contributed by atoms with Gasteiger partial charge in [0.15, 0.2) is 5.78 Å². The first kappa shape index (κ1) is 16.1. The van der Waals surface area contributed by atoms with Crippen LogP contribution in [0.1, 0.15) is 59.4 Å². The Morgan fingerprint density at radius 2 is 1.92 bits per heavy atom. The maximum atomic E-state index is 12.6. The van der Waals surface area contributed by atoms with E-state index >= 15 is 0 Å². The van der Waals surface area contributed by atoms with E-state index < -0.39 is 0 Å². The van der Waals surface area contributed by atoms with Crippen LogP contribution >= 0.6 is 0 Å². The molecule has 0 radical (unpaired) electrons. The molecule has 1 aromatic carbocycles. The van der Waals surface area contributed by atoms with Crippen molar-refractivity contribution in [1.82, 2.24) is 9.47 Å². The molecule has 4 heteroatoms. The molecule has 1 aliphatic heterocycles. The van der Waals surface area contributed by atoms with E-state index in [4.69, 9.17) is 0 Å². The number of nitrogens with zero attached hydrogens (tertiary/aromatic N) is 2. The van der Waals surface area contributed by atoms with Crippen molar-refractivity contribution in [1.29, 1.82) is 0 Å². The summed E-state index contributed by atoms with van der Waals surface area (Å²) in [5, 5.41) is 0. The number of benzene rings is 1. The first-order chi connectivity index (χ1) is 12.1. The van der Waals surface area contributed by atoms with Crippen molar-refractivity contribution in [2.75, 3.05) is 6.54 Å². The Labute approximate surface area is 148 Å². The van der Waals surface area contributed by atoms with Crippen molar-refractivity contribution in [3.8, 4) is 0 Å². The summed E-state index contributed by atoms with van der Waals surface area (Å²) in [6.45, 7) is 3.61. The van der Waals surface area contributed by atoms with E-state index in [1.807, 2.05) is 23.1 Å². The Morgan fingerprint density at radius 3 is 2.80 bits per heavy atom. The third-order valence-corrected chi connectivity index (χ3v) is 5.65. The largest absolute Gasteiger partial charge is 0.348 e. The Hall–Kier alpha value is -2.36. The SMILES string of the molecule is C[C@@H]1c2cccn2CCN1C(=O)CCC(=O)c1ccc2c(c1)CCC2. The number of amides is 1. The molecule has 2 heterocycles. The molecule has 4 nitrogen and oxygen atoms in total. The van der Waals surface area contributed by atoms with Crippen LogP contribution in [0.25, 0.3) is 0 Å². The van der Waals surface area contributed by atoms with Gasteiger partial charge in [-0.1, -0.05) is 12.1 Å². The molecule has 0 N–H and O–H groups in total. The third kappa shape index (κ3) is 3.01. The van der Waals surface area contributed by atoms with Crippen LogP contribution in [-0.2, 0) is 24.2 Å². The monoisotopic (exact) mass is 336 g/mol. The van der Waals surface area contributed by atoms with Gasteiger partial charge in [0.05, 0.1) is 6.04 Å². The Bertz CT molecular complexity index is 821. The molecule has 2 aromatic rings. The minimum atomic E-state index is 0.0753. The van der Waals surface area contributed by atoms with Gasteiger partial charge in [0, 0.05) is 43.4 Å². The third-order valence-electron chi connectivity index (χ3n) is 5.65. The zero-order chi connectivity index (χ0) is 17.4. The standard InChI is InChI=1S/C21H24N2O2/c1-15-19-6-3-11-22(19)12-13-23(15)21(25)10-9-20(24)18-8-7-16-4-2-5-17(16)14-18/h3,6-8,11,14-15H,2,4-5,9-10,12-13H2,1H3/t15-/m1/s1. The predicted octanol–water partition coefficient (Wildman–Crippen LogP) is 3.54. The molecule has 0 bridgehead atoms. The topological polar surface area (TPSA) is 42.3 Å². The molecule has 1 amide bonds. The number of carbonyl (C=O) groups excluding carboxylic acids is 2. The lowest BCUT2D eigenvalue weighted by Crippen LogP contribution is -2.40. The average molecular weight is 336 g/mol. The smallest absolute Gasteiger partial charge is 0.223 e. The summed E-state index contributed by atoms with van der Waals surface area (Å²) >= 11 is 0. The summed E-state index contributed by atoms with van der Waals surface area (Å²) in [5.74, 6) is 0.158. The minimum absolute atomic E-state index is 0.0753. The number of fused-ring (bicyclic) bond motifs is 2. The van der Waals surface area contributed by atoms with Gasteiger partial charge in [-0.25, -0.2) is 0 Å². The number of ketones is 1. The summed E-state index contributed by atoms with van der Waals surface area (Å²) in [5.41, 5.74) is 4.61. The highest BCUT2D eigenvalue weighted by molar-refractivity contribution is 5.98. The van der Waals surface area contributed by atoms with E-state index in [0.29, 0.717) is 19.4 Å². The first-order valence-electron chi connectivity index (χ1n) is 9.23. The summed E-state index contributed by atoms with van der Waals surface area (Å²) in [4.78, 5) is 27.0. The van der Waals surface area contributed by atoms with E-state index in [1.165, 1.54) is 23.2 Å². The van der Waals surface area contributed by atoms with Crippen LogP contribution in [0.15, 0.2) is 36.5 Å². The summed E-state index contributed by atoms with van der Waals surface area (Å²) < 4.78 is 2.20. The van der Waals surface area contributed by atoms with E-state index in [-0.39, 0.29) is 17.7 Å². The number of Topliss-reactive ketones (excluding diaryl/α,β-unsaturated/α-hetero) is 1. The highest BCUT2D eigenvalue weighted by Gasteiger charge is 2.27. The predicted molar refractivity (Wildman–Crippen MR) is 96.6 cm³/mol. The fourth-order valence-corrected chi connectivity index (χ4v) is 4.17. The number of aromatic nitrogens is 1. The highest BCUT2D eigenvalue weighted by Crippen LogP contribution is 2.27. The lowest BCUT2D eigenvalue weighted by molar-refractivity contribution is -0.134. The van der Waals surface area contributed by atoms with E-state index in [9.17, 15) is 9.59 Å². The van der Waals surface area contributed by atoms with Gasteiger partial charge in [-0.3, -0.25) is 9.59 Å². The molecule has 0 unspecified atom stereocenters. The van der Waals surface area contributed by atoms with Gasteiger partial charge >= 0.3 is 0 Å². The van der Waals surface area contributed by atoms with Crippen molar-refractivity contribution >= 4 is 11.7 Å². The molecule has 2 aliphatic rings. The van der Waals surface area contributed by atoms with E-state index in [0.717, 1.165) is 24.9 Å². The number of rotatable bonds is 4. The van der Waals surface area contributed by atoms with Gasteiger partial charge < -0.3 is 9.47 Å². The minimum Gasteiger partial charge on any atom is -0.348 e. The molecule has 0 fully saturated rings. The van der Waals surface area contributed by atoms with Crippen LogP contribution in [0, 0.1) is 0 Å². The maximum absolute atomic E-state index is 12.6. The normalized spacial score (nSPS) is 18.8. The average Bonchev–Trinajstić information content (AvgIpc) is 3.28. The van der Waals surface area contributed by atoms with Gasteiger partial charge in [0.2, 0.25) is 5.91 Å². The number of hydrogen-bond donors (Lipinski definition) is 0. The molecule has 0 saturated carbocycles. The lowest BCUT2D eigenvalue weighted by Gasteiger charge is -2.35. The van der Waals surface area contributed by atoms with Crippen LogP contribution in [0.4, 0.5) is 0 Å². The molecule has 1 atom stereocenters. The molecule has 25 heavy (non-hydrogen) atoms. The van der Waals surface area contributed by atoms with Crippen LogP contribution in [0.2, 0.25) is 0 Å². The first-order valence-corrected chi connectivity index (χ1v) is 9.23. The van der Waals surface area contributed by atoms with Crippen LogP contribution in [-0.4, -0.2) is 27.7 Å². The number of hydrogen-bond acceptors (Lipinski definition) is 2. The second-order valence-corrected chi connectivity index (χ2v) is 7.15. The Kier molecular flexibility index (Phi) is 4.20. The zero-order valence-electron chi connectivity index (χ0n) is 14.7. The second-order valence-electron chi connectivity index (χ2n) is 7.15. The molecular formula is C21H24N2O2. The molecule has 0 saturated heterocycles. The zero-order valence-corrected chi connectivity index (χ0v) is 14.7. The molecule has 0 spiro atoms. The quantitative estimate of drug-likeness (QED) is 0.802. The van der Waals surface area contributed by atoms with Crippen molar-refractivity contribution in [3.63, 3.8) is 0 Å². The molecule has 130 valence electrons. The molecule has 4 rings (SSSR count). The molecule has 1 aromatic heterocycles. The molecular weight excluding hydrogens is 312 g/mol. The molecule has 1 aliphatic carbocycles. The Morgan fingerprint density at radius 1 is 1.08 bits per heavy atom. The van der Waals surface area contributed by atoms with Crippen molar-refractivity contribution < 1.29 is 9.59 Å². The van der Waals surface area contributed by atoms with E-state index in [2.05, 4.69) is 29.8 Å². The fraction of sp³-hybridized carbons (Fsp3) is 0.429. The van der Waals surface area contributed by atoms with Crippen LogP contribution in [0.3, 0.4) is 0 Å². The highest BCUT2D eigenvalue weighted by atomic mass is 16.2. The van der Waals surface area contributed by atoms with Gasteiger partial charge in [-0.2, -0.15) is 0 Å². The lowest BCUT2D eigenvalue weighted by atomic mass is 10.0. The Balaban J connectivity index is 1.38. The van der Waals surface area contributed by atoms with Gasteiger partial charge in [-0.05, 0) is 55.5 Å². The van der Waals surface area contributed by atoms with Gasteiger partial charge in [0.1, 0.15) is 0 Å². The van der Waals surface area contributed by atoms with Crippen molar-refractivity contribution in [3.05, 3.63) is 58.9 Å². The summed E-state index contributed by atoms with van der Waals surface area (Å²) in [6.07, 6.45) is 6.02. The van der Waals surface area contributed by atoms with Crippen molar-refractivity contribution in [2.45, 2.75) is 51.6 Å². The van der Waals surface area contributed by atoms with E-state index in [1.54, 1.807) is 0 Å². The maximum Gasteiger partial charge on any atom is 0.223 e. The second kappa shape index (κ2) is 6.51. The van der Waals surface area contributed by atoms with Crippen molar-refractivity contribution in [2.24, 2.45) is 0 Å². The van der Waals surface area contributed by atoms with Crippen LogP contribution in [0.5, 0.6) is 0 Å². The number of aryl methyl sites for hydroxylation is 2. The number of carbonyl (C=O) groups is 2. The summed E-state index contributed by atoms with van der Waals surface area (Å²) in [6, 6.07) is 10.2. The fourth-order valence-electron chi connectivity index (χ4n) is 4.17. The van der Waals surface area contributed by atoms with Crippen LogP contribution < -0.4 is 0 Å². The van der Waals surface area contributed by atoms with Gasteiger partial charge in [0.25, 0.3) is 0 Å².